The number of carbonyl (C=O) groups is 1. The predicted molar refractivity (Wildman–Crippen MR) is 136 cm³/mol. The molecule has 0 unspecified atom stereocenters. The molecule has 0 radical (unpaired) electrons. The first-order valence-corrected chi connectivity index (χ1v) is 13.1. The van der Waals surface area contributed by atoms with Crippen LogP contribution in [0.5, 0.6) is 23.0 Å². The molecule has 0 bridgehead atoms. The zero-order valence-corrected chi connectivity index (χ0v) is 21.9. The molecule has 0 amide bonds. The Kier molecular flexibility index (Phi) is 8.86. The summed E-state index contributed by atoms with van der Waals surface area (Å²) in [6, 6.07) is 8.43. The van der Waals surface area contributed by atoms with Crippen molar-refractivity contribution in [3.8, 4) is 23.0 Å². The highest BCUT2D eigenvalue weighted by molar-refractivity contribution is 6.02. The molecule has 15 heteroatoms. The van der Waals surface area contributed by atoms with Crippen LogP contribution in [0.25, 0.3) is 0 Å². The van der Waals surface area contributed by atoms with Gasteiger partial charge in [0.25, 0.3) is 0 Å². The molecule has 0 aliphatic carbocycles. The Balaban J connectivity index is 1.31. The van der Waals surface area contributed by atoms with E-state index in [1.165, 1.54) is 18.2 Å². The molecule has 3 aliphatic rings. The van der Waals surface area contributed by atoms with Crippen molar-refractivity contribution in [1.82, 2.24) is 0 Å². The quantitative estimate of drug-likeness (QED) is 0.165. The number of carbonyl (C=O) groups excluding carboxylic acids is 1. The molecule has 0 aromatic heterocycles. The first kappa shape index (κ1) is 30.4. The lowest BCUT2D eigenvalue weighted by Gasteiger charge is -2.45. The second-order valence-electron chi connectivity index (χ2n) is 10.3. The fourth-order valence-corrected chi connectivity index (χ4v) is 5.14. The molecule has 5 rings (SSSR count). The van der Waals surface area contributed by atoms with E-state index in [9.17, 15) is 50.8 Å². The molecule has 11 atom stereocenters. The summed E-state index contributed by atoms with van der Waals surface area (Å²) in [4.78, 5) is 12.8. The van der Waals surface area contributed by atoms with Crippen LogP contribution in [0.1, 0.15) is 28.4 Å². The third-order valence-corrected chi connectivity index (χ3v) is 7.45. The van der Waals surface area contributed by atoms with Gasteiger partial charge in [0.05, 0.1) is 19.6 Å². The molecule has 15 nitrogen and oxygen atoms in total. The number of Topliss-reactive ketones (excluding diaryl/α,β-unsaturated/α-hetero) is 1. The Labute approximate surface area is 238 Å². The third kappa shape index (κ3) is 5.76. The molecule has 2 aromatic carbocycles. The summed E-state index contributed by atoms with van der Waals surface area (Å²) in [5.74, 6) is -0.981. The summed E-state index contributed by atoms with van der Waals surface area (Å²) in [5.41, 5.74) is 0.520. The molecule has 2 saturated heterocycles. The summed E-state index contributed by atoms with van der Waals surface area (Å²) in [7, 11) is 0. The van der Waals surface area contributed by atoms with Crippen LogP contribution in [0.2, 0.25) is 0 Å². The van der Waals surface area contributed by atoms with E-state index in [-0.39, 0.29) is 29.2 Å². The van der Waals surface area contributed by atoms with E-state index in [4.69, 9.17) is 23.7 Å². The van der Waals surface area contributed by atoms with Crippen LogP contribution in [0.4, 0.5) is 0 Å². The van der Waals surface area contributed by atoms with Gasteiger partial charge in [-0.25, -0.2) is 0 Å². The van der Waals surface area contributed by atoms with Crippen LogP contribution >= 0.6 is 0 Å². The molecular weight excluding hydrogens is 564 g/mol. The van der Waals surface area contributed by atoms with Gasteiger partial charge in [0.15, 0.2) is 12.1 Å². The van der Waals surface area contributed by atoms with Gasteiger partial charge in [-0.3, -0.25) is 4.79 Å². The maximum absolute atomic E-state index is 12.8. The van der Waals surface area contributed by atoms with Gasteiger partial charge in [0.2, 0.25) is 6.29 Å². The Morgan fingerprint density at radius 1 is 0.786 bits per heavy atom. The summed E-state index contributed by atoms with van der Waals surface area (Å²) >= 11 is 0. The molecule has 0 saturated carbocycles. The average Bonchev–Trinajstić information content (AvgIpc) is 2.96. The van der Waals surface area contributed by atoms with Gasteiger partial charge in [-0.1, -0.05) is 12.1 Å². The second-order valence-corrected chi connectivity index (χ2v) is 10.3. The normalized spacial score (nSPS) is 36.6. The largest absolute Gasteiger partial charge is 0.508 e. The Morgan fingerprint density at radius 2 is 1.43 bits per heavy atom. The number of phenolic OH excluding ortho intramolecular Hbond substituents is 2. The minimum absolute atomic E-state index is 0.0206. The number of ether oxygens (including phenoxy) is 5. The number of hydrogen-bond donors (Lipinski definition) is 9. The van der Waals surface area contributed by atoms with Gasteiger partial charge in [0.1, 0.15) is 83.5 Å². The third-order valence-electron chi connectivity index (χ3n) is 7.45. The number of aromatic hydroxyl groups is 2. The van der Waals surface area contributed by atoms with E-state index in [2.05, 4.69) is 0 Å². The maximum Gasteiger partial charge on any atom is 0.229 e. The lowest BCUT2D eigenvalue weighted by Crippen LogP contribution is -2.65. The van der Waals surface area contributed by atoms with Crippen molar-refractivity contribution < 1.29 is 74.4 Å². The standard InChI is InChI=1S/C27H32O15/c28-8-17-20(33)21(34)23(36)27(40-17)42-25-18(9-29)41-26(24(37)22(25)35)38-12-5-13(31)19-14(32)7-15(39-16(19)6-12)10-1-3-11(30)4-2-10/h1-6,15,17-18,20-31,33-37H,7-9H2/t15-,17-,18-,20+,21+,22-,23-,24-,25-,26-,27-/m1/s1. The van der Waals surface area contributed by atoms with E-state index in [1.807, 2.05) is 0 Å². The summed E-state index contributed by atoms with van der Waals surface area (Å²) in [6.07, 6.45) is -17.2. The molecule has 230 valence electrons. The van der Waals surface area contributed by atoms with Crippen molar-refractivity contribution in [3.63, 3.8) is 0 Å². The average molecular weight is 597 g/mol. The predicted octanol–water partition coefficient (Wildman–Crippen LogP) is -2.19. The van der Waals surface area contributed by atoms with Gasteiger partial charge in [-0.05, 0) is 17.7 Å². The van der Waals surface area contributed by atoms with Crippen LogP contribution in [0.3, 0.4) is 0 Å². The van der Waals surface area contributed by atoms with E-state index in [0.29, 0.717) is 5.56 Å². The Bertz CT molecular complexity index is 1250. The highest BCUT2D eigenvalue weighted by Gasteiger charge is 2.51. The number of aliphatic hydroxyl groups excluding tert-OH is 7. The summed E-state index contributed by atoms with van der Waals surface area (Å²) in [5, 5.41) is 91.3. The van der Waals surface area contributed by atoms with E-state index < -0.39 is 92.3 Å². The number of fused-ring (bicyclic) bond motifs is 1. The molecule has 9 N–H and O–H groups in total. The monoisotopic (exact) mass is 596 g/mol. The number of hydrogen-bond acceptors (Lipinski definition) is 15. The minimum atomic E-state index is -1.83. The van der Waals surface area contributed by atoms with E-state index in [1.54, 1.807) is 12.1 Å². The van der Waals surface area contributed by atoms with Gasteiger partial charge in [-0.15, -0.1) is 0 Å². The zero-order valence-electron chi connectivity index (χ0n) is 21.9. The fourth-order valence-electron chi connectivity index (χ4n) is 5.14. The Hall–Kier alpha value is -3.09. The van der Waals surface area contributed by atoms with Crippen molar-refractivity contribution in [1.29, 1.82) is 0 Å². The summed E-state index contributed by atoms with van der Waals surface area (Å²) in [6.45, 7) is -1.50. The van der Waals surface area contributed by atoms with Gasteiger partial charge < -0.3 is 69.6 Å². The first-order valence-electron chi connectivity index (χ1n) is 13.1. The number of rotatable bonds is 7. The lowest BCUT2D eigenvalue weighted by atomic mass is 9.95. The van der Waals surface area contributed by atoms with Crippen molar-refractivity contribution in [3.05, 3.63) is 47.5 Å². The van der Waals surface area contributed by atoms with E-state index in [0.717, 1.165) is 6.07 Å². The Morgan fingerprint density at radius 3 is 2.10 bits per heavy atom. The number of aliphatic hydroxyl groups is 7. The van der Waals surface area contributed by atoms with Gasteiger partial charge in [-0.2, -0.15) is 0 Å². The van der Waals surface area contributed by atoms with Crippen molar-refractivity contribution in [2.75, 3.05) is 13.2 Å². The zero-order chi connectivity index (χ0) is 30.3. The van der Waals surface area contributed by atoms with Crippen LogP contribution in [-0.2, 0) is 14.2 Å². The van der Waals surface area contributed by atoms with Crippen molar-refractivity contribution in [2.45, 2.75) is 73.9 Å². The molecular formula is C27H32O15. The highest BCUT2D eigenvalue weighted by Crippen LogP contribution is 2.43. The minimum Gasteiger partial charge on any atom is -0.508 e. The van der Waals surface area contributed by atoms with Gasteiger partial charge >= 0.3 is 0 Å². The van der Waals surface area contributed by atoms with Crippen LogP contribution < -0.4 is 9.47 Å². The second kappa shape index (κ2) is 12.3. The van der Waals surface area contributed by atoms with Gasteiger partial charge in [0, 0.05) is 12.1 Å². The maximum atomic E-state index is 12.8. The SMILES string of the molecule is O=C1C[C@H](c2ccc(O)cc2)Oc2cc(O[C@@H]3O[C@H](CO)[C@@H](O[C@H]4O[C@H](CO)[C@H](O)[C@H](O)[C@H]4O)[C@H](O)[C@H]3O)cc(O)c21. The van der Waals surface area contributed by atoms with Crippen LogP contribution in [0.15, 0.2) is 36.4 Å². The molecule has 42 heavy (non-hydrogen) atoms. The smallest absolute Gasteiger partial charge is 0.229 e. The van der Waals surface area contributed by atoms with Crippen molar-refractivity contribution in [2.24, 2.45) is 0 Å². The van der Waals surface area contributed by atoms with Crippen LogP contribution in [0, 0.1) is 0 Å². The topological polar surface area (TPSA) is 245 Å². The number of phenols is 2. The molecule has 2 aromatic rings. The molecule has 3 aliphatic heterocycles. The number of ketones is 1. The first-order chi connectivity index (χ1) is 20.0. The van der Waals surface area contributed by atoms with Crippen LogP contribution in [-0.4, -0.2) is 126 Å². The van der Waals surface area contributed by atoms with Crippen molar-refractivity contribution >= 4 is 5.78 Å². The fraction of sp³-hybridized carbons (Fsp3) is 0.519. The molecule has 0 spiro atoms. The number of benzene rings is 2. The molecule has 2 fully saturated rings. The van der Waals surface area contributed by atoms with E-state index >= 15 is 0 Å². The molecule has 3 heterocycles. The lowest BCUT2D eigenvalue weighted by molar-refractivity contribution is -0.352. The highest BCUT2D eigenvalue weighted by atomic mass is 16.7. The summed E-state index contributed by atoms with van der Waals surface area (Å²) < 4.78 is 28.0.